The van der Waals surface area contributed by atoms with Crippen molar-refractivity contribution in [2.24, 2.45) is 0 Å². The van der Waals surface area contributed by atoms with Crippen molar-refractivity contribution in [3.63, 3.8) is 0 Å². The molecule has 1 N–H and O–H groups in total. The highest BCUT2D eigenvalue weighted by Gasteiger charge is 2.13. The highest BCUT2D eigenvalue weighted by atomic mass is 79.9. The molecule has 1 aliphatic rings. The molecule has 25 heavy (non-hydrogen) atoms. The molecule has 0 aromatic heterocycles. The van der Waals surface area contributed by atoms with Crippen molar-refractivity contribution >= 4 is 33.5 Å². The van der Waals surface area contributed by atoms with Gasteiger partial charge in [-0.3, -0.25) is 4.79 Å². The number of amides is 1. The summed E-state index contributed by atoms with van der Waals surface area (Å²) in [7, 11) is 0. The molecule has 0 heterocycles. The standard InChI is InChI=1S/C19H18BrNO4/c20-16-6-1-2-7-17(16)21-18(22)11-25-19(23)12-24-15-9-8-13-4-3-5-14(13)10-15/h1-2,6-10H,3-5,11-12H2,(H,21,22). The minimum absolute atomic E-state index is 0.221. The molecule has 0 saturated heterocycles. The Morgan fingerprint density at radius 3 is 2.68 bits per heavy atom. The van der Waals surface area contributed by atoms with Gasteiger partial charge < -0.3 is 14.8 Å². The van der Waals surface area contributed by atoms with Crippen LogP contribution in [0.25, 0.3) is 0 Å². The molecule has 0 fully saturated rings. The van der Waals surface area contributed by atoms with Crippen LogP contribution in [0.5, 0.6) is 5.75 Å². The summed E-state index contributed by atoms with van der Waals surface area (Å²) in [5.74, 6) is -0.337. The molecule has 0 saturated carbocycles. The quantitative estimate of drug-likeness (QED) is 0.749. The number of benzene rings is 2. The number of anilines is 1. The fourth-order valence-electron chi connectivity index (χ4n) is 2.72. The molecule has 130 valence electrons. The zero-order chi connectivity index (χ0) is 17.6. The van der Waals surface area contributed by atoms with E-state index in [1.807, 2.05) is 30.3 Å². The van der Waals surface area contributed by atoms with Crippen molar-refractivity contribution in [1.29, 1.82) is 0 Å². The number of esters is 1. The van der Waals surface area contributed by atoms with E-state index < -0.39 is 11.9 Å². The number of hydrogen-bond acceptors (Lipinski definition) is 4. The maximum Gasteiger partial charge on any atom is 0.344 e. The molecule has 1 aliphatic carbocycles. The molecule has 0 unspecified atom stereocenters. The summed E-state index contributed by atoms with van der Waals surface area (Å²) in [6, 6.07) is 13.1. The highest BCUT2D eigenvalue weighted by Crippen LogP contribution is 2.26. The summed E-state index contributed by atoms with van der Waals surface area (Å²) in [4.78, 5) is 23.6. The third kappa shape index (κ3) is 4.82. The van der Waals surface area contributed by atoms with E-state index in [1.165, 1.54) is 11.1 Å². The summed E-state index contributed by atoms with van der Waals surface area (Å²) < 4.78 is 11.1. The molecule has 2 aromatic carbocycles. The van der Waals surface area contributed by atoms with Crippen LogP contribution < -0.4 is 10.1 Å². The van der Waals surface area contributed by atoms with Crippen LogP contribution in [0.15, 0.2) is 46.9 Å². The van der Waals surface area contributed by atoms with E-state index in [1.54, 1.807) is 12.1 Å². The number of fused-ring (bicyclic) bond motifs is 1. The lowest BCUT2D eigenvalue weighted by molar-refractivity contribution is -0.149. The van der Waals surface area contributed by atoms with E-state index in [9.17, 15) is 9.59 Å². The predicted octanol–water partition coefficient (Wildman–Crippen LogP) is 3.50. The van der Waals surface area contributed by atoms with Gasteiger partial charge in [-0.25, -0.2) is 4.79 Å². The van der Waals surface area contributed by atoms with Gasteiger partial charge in [0.25, 0.3) is 5.91 Å². The third-order valence-corrected chi connectivity index (χ3v) is 4.63. The van der Waals surface area contributed by atoms with Gasteiger partial charge in [0.2, 0.25) is 0 Å². The number of hydrogen-bond donors (Lipinski definition) is 1. The minimum Gasteiger partial charge on any atom is -0.482 e. The van der Waals surface area contributed by atoms with Crippen LogP contribution >= 0.6 is 15.9 Å². The van der Waals surface area contributed by atoms with Crippen LogP contribution in [0.3, 0.4) is 0 Å². The second-order valence-electron chi connectivity index (χ2n) is 5.76. The van der Waals surface area contributed by atoms with Crippen molar-refractivity contribution in [1.82, 2.24) is 0 Å². The monoisotopic (exact) mass is 403 g/mol. The number of rotatable bonds is 6. The van der Waals surface area contributed by atoms with Crippen LogP contribution in [0.4, 0.5) is 5.69 Å². The van der Waals surface area contributed by atoms with Crippen molar-refractivity contribution in [3.05, 3.63) is 58.1 Å². The number of halogens is 1. The van der Waals surface area contributed by atoms with Gasteiger partial charge in [-0.05, 0) is 70.6 Å². The maximum absolute atomic E-state index is 11.8. The van der Waals surface area contributed by atoms with Crippen LogP contribution in [0.1, 0.15) is 17.5 Å². The van der Waals surface area contributed by atoms with E-state index in [-0.39, 0.29) is 13.2 Å². The van der Waals surface area contributed by atoms with Gasteiger partial charge in [0.1, 0.15) is 5.75 Å². The topological polar surface area (TPSA) is 64.6 Å². The Kier molecular flexibility index (Phi) is 5.71. The van der Waals surface area contributed by atoms with Gasteiger partial charge in [0, 0.05) is 4.47 Å². The van der Waals surface area contributed by atoms with E-state index >= 15 is 0 Å². The van der Waals surface area contributed by atoms with Crippen molar-refractivity contribution in [2.45, 2.75) is 19.3 Å². The average Bonchev–Trinajstić information content (AvgIpc) is 3.08. The number of carbonyl (C=O) groups excluding carboxylic acids is 2. The van der Waals surface area contributed by atoms with Gasteiger partial charge in [-0.1, -0.05) is 18.2 Å². The zero-order valence-corrected chi connectivity index (χ0v) is 15.2. The molecule has 5 nitrogen and oxygen atoms in total. The van der Waals surface area contributed by atoms with Gasteiger partial charge in [-0.2, -0.15) is 0 Å². The van der Waals surface area contributed by atoms with Crippen molar-refractivity contribution < 1.29 is 19.1 Å². The molecule has 0 atom stereocenters. The Hall–Kier alpha value is -2.34. The molecule has 1 amide bonds. The van der Waals surface area contributed by atoms with Crippen molar-refractivity contribution in [3.8, 4) is 5.75 Å². The molecule has 2 aromatic rings. The van der Waals surface area contributed by atoms with E-state index in [2.05, 4.69) is 21.2 Å². The Morgan fingerprint density at radius 2 is 1.84 bits per heavy atom. The number of carbonyl (C=O) groups is 2. The zero-order valence-electron chi connectivity index (χ0n) is 13.6. The molecular formula is C19H18BrNO4. The summed E-state index contributed by atoms with van der Waals surface area (Å²) in [5.41, 5.74) is 3.25. The number of aryl methyl sites for hydroxylation is 2. The largest absolute Gasteiger partial charge is 0.482 e. The second kappa shape index (κ2) is 8.16. The lowest BCUT2D eigenvalue weighted by Crippen LogP contribution is -2.23. The number of ether oxygens (including phenoxy) is 2. The van der Waals surface area contributed by atoms with E-state index in [0.717, 1.165) is 23.7 Å². The fourth-order valence-corrected chi connectivity index (χ4v) is 3.10. The smallest absolute Gasteiger partial charge is 0.344 e. The first-order chi connectivity index (χ1) is 12.1. The van der Waals surface area contributed by atoms with Gasteiger partial charge >= 0.3 is 5.97 Å². The number of para-hydroxylation sites is 1. The van der Waals surface area contributed by atoms with Gasteiger partial charge in [0.05, 0.1) is 5.69 Å². The summed E-state index contributed by atoms with van der Waals surface area (Å²) in [5, 5.41) is 2.66. The van der Waals surface area contributed by atoms with E-state index in [4.69, 9.17) is 9.47 Å². The SMILES string of the molecule is O=C(COC(=O)COc1ccc2c(c1)CCC2)Nc1ccccc1Br. The van der Waals surface area contributed by atoms with Crippen LogP contribution in [-0.4, -0.2) is 25.1 Å². The Labute approximate surface area is 154 Å². The molecule has 0 aliphatic heterocycles. The van der Waals surface area contributed by atoms with E-state index in [0.29, 0.717) is 11.4 Å². The minimum atomic E-state index is -0.581. The molecule has 0 bridgehead atoms. The molecular weight excluding hydrogens is 386 g/mol. The molecule has 3 rings (SSSR count). The van der Waals surface area contributed by atoms with Crippen LogP contribution in [0.2, 0.25) is 0 Å². The average molecular weight is 404 g/mol. The van der Waals surface area contributed by atoms with Crippen molar-refractivity contribution in [2.75, 3.05) is 18.5 Å². The molecule has 6 heteroatoms. The highest BCUT2D eigenvalue weighted by molar-refractivity contribution is 9.10. The number of nitrogens with one attached hydrogen (secondary N) is 1. The van der Waals surface area contributed by atoms with Gasteiger partial charge in [-0.15, -0.1) is 0 Å². The normalized spacial score (nSPS) is 12.4. The maximum atomic E-state index is 11.8. The summed E-state index contributed by atoms with van der Waals surface area (Å²) >= 11 is 3.33. The predicted molar refractivity (Wildman–Crippen MR) is 97.7 cm³/mol. The van der Waals surface area contributed by atoms with Crippen LogP contribution in [-0.2, 0) is 27.2 Å². The van der Waals surface area contributed by atoms with Gasteiger partial charge in [0.15, 0.2) is 13.2 Å². The Morgan fingerprint density at radius 1 is 1.04 bits per heavy atom. The first-order valence-electron chi connectivity index (χ1n) is 8.06. The lowest BCUT2D eigenvalue weighted by atomic mass is 10.1. The first kappa shape index (κ1) is 17.5. The Bertz CT molecular complexity index is 791. The first-order valence-corrected chi connectivity index (χ1v) is 8.86. The second-order valence-corrected chi connectivity index (χ2v) is 6.62. The lowest BCUT2D eigenvalue weighted by Gasteiger charge is -2.09. The Balaban J connectivity index is 1.42. The summed E-state index contributed by atoms with van der Waals surface area (Å²) in [6.07, 6.45) is 3.31. The summed E-state index contributed by atoms with van der Waals surface area (Å²) in [6.45, 7) is -0.575. The molecule has 0 radical (unpaired) electrons. The molecule has 0 spiro atoms. The third-order valence-electron chi connectivity index (χ3n) is 3.94. The van der Waals surface area contributed by atoms with Crippen LogP contribution in [0, 0.1) is 0 Å². The fraction of sp³-hybridized carbons (Fsp3) is 0.263.